The van der Waals surface area contributed by atoms with Crippen molar-refractivity contribution in [1.82, 2.24) is 0 Å². The number of hydrogen-bond donors (Lipinski definition) is 0. The molecule has 0 amide bonds. The summed E-state index contributed by atoms with van der Waals surface area (Å²) >= 11 is 0. The first-order valence-electron chi connectivity index (χ1n) is 12.9. The van der Waals surface area contributed by atoms with E-state index in [1.165, 1.54) is 43.4 Å². The number of hydrogen-bond acceptors (Lipinski definition) is 7. The molecule has 0 aliphatic rings. The molecule has 0 aromatic heterocycles. The summed E-state index contributed by atoms with van der Waals surface area (Å²) in [6, 6.07) is 8.38. The van der Waals surface area contributed by atoms with Gasteiger partial charge < -0.3 is 31.3 Å². The Morgan fingerprint density at radius 1 is 0.441 bits per heavy atom. The molecule has 34 heavy (non-hydrogen) atoms. The molecular formula is C23H56O7Si4. The van der Waals surface area contributed by atoms with Gasteiger partial charge in [-0.05, 0) is 51.1 Å². The van der Waals surface area contributed by atoms with Crippen molar-refractivity contribution < 1.29 is 31.3 Å². The monoisotopic (exact) mass is 556 g/mol. The van der Waals surface area contributed by atoms with E-state index in [-0.39, 0.29) is 0 Å². The maximum atomic E-state index is 5.78. The minimum Gasteiger partial charge on any atom is -0.398 e. The fourth-order valence-corrected chi connectivity index (χ4v) is 15.1. The summed E-state index contributed by atoms with van der Waals surface area (Å²) in [6.07, 6.45) is 4.68. The topological polar surface area (TPSA) is 64.6 Å². The Bertz CT molecular complexity index is 442. The molecule has 0 aliphatic heterocycles. The Balaban J connectivity index is 5.53. The van der Waals surface area contributed by atoms with E-state index in [9.17, 15) is 0 Å². The average Bonchev–Trinajstić information content (AvgIpc) is 2.86. The SMILES string of the molecule is CCOCCC[Si](CCC[Si](C)(OC)OC)(CCC[Si](C)(OC)OC)CCC[Si](C)(OC)OC. The highest BCUT2D eigenvalue weighted by Crippen LogP contribution is 2.36. The van der Waals surface area contributed by atoms with Crippen molar-refractivity contribution in [3.8, 4) is 0 Å². The molecule has 0 radical (unpaired) electrons. The van der Waals surface area contributed by atoms with Crippen molar-refractivity contribution in [3.05, 3.63) is 0 Å². The van der Waals surface area contributed by atoms with Gasteiger partial charge in [0.1, 0.15) is 0 Å². The molecule has 0 aromatic rings. The first-order valence-corrected chi connectivity index (χ1v) is 23.3. The van der Waals surface area contributed by atoms with Crippen LogP contribution in [0.25, 0.3) is 0 Å². The van der Waals surface area contributed by atoms with Gasteiger partial charge >= 0.3 is 25.7 Å². The second-order valence-corrected chi connectivity index (χ2v) is 25.7. The van der Waals surface area contributed by atoms with Gasteiger partial charge in [-0.25, -0.2) is 0 Å². The molecule has 0 bridgehead atoms. The summed E-state index contributed by atoms with van der Waals surface area (Å²) in [4.78, 5) is 0. The lowest BCUT2D eigenvalue weighted by molar-refractivity contribution is 0.148. The van der Waals surface area contributed by atoms with Gasteiger partial charge in [-0.2, -0.15) is 0 Å². The van der Waals surface area contributed by atoms with Gasteiger partial charge in [0.05, 0.1) is 8.07 Å². The Hall–Kier alpha value is 0.588. The third kappa shape index (κ3) is 13.2. The van der Waals surface area contributed by atoms with E-state index in [2.05, 4.69) is 26.6 Å². The van der Waals surface area contributed by atoms with Gasteiger partial charge in [0.2, 0.25) is 0 Å². The van der Waals surface area contributed by atoms with Crippen molar-refractivity contribution in [3.63, 3.8) is 0 Å². The molecule has 0 saturated carbocycles. The van der Waals surface area contributed by atoms with Crippen LogP contribution >= 0.6 is 0 Å². The van der Waals surface area contributed by atoms with Crippen LogP contribution in [0.5, 0.6) is 0 Å². The highest BCUT2D eigenvalue weighted by molar-refractivity contribution is 6.80. The lowest BCUT2D eigenvalue weighted by Gasteiger charge is -2.35. The Morgan fingerprint density at radius 2 is 0.735 bits per heavy atom. The molecule has 0 atom stereocenters. The van der Waals surface area contributed by atoms with Crippen molar-refractivity contribution in [2.45, 2.75) is 94.6 Å². The van der Waals surface area contributed by atoms with Crippen LogP contribution in [0.4, 0.5) is 0 Å². The lowest BCUT2D eigenvalue weighted by atomic mass is 10.5. The minimum atomic E-state index is -2.06. The molecule has 0 heterocycles. The highest BCUT2D eigenvalue weighted by Gasteiger charge is 2.37. The molecule has 0 fully saturated rings. The third-order valence-corrected chi connectivity index (χ3v) is 22.4. The van der Waals surface area contributed by atoms with Gasteiger partial charge in [-0.1, -0.05) is 43.4 Å². The van der Waals surface area contributed by atoms with Crippen LogP contribution in [0.15, 0.2) is 0 Å². The molecule has 7 nitrogen and oxygen atoms in total. The number of ether oxygens (including phenoxy) is 1. The maximum absolute atomic E-state index is 5.78. The van der Waals surface area contributed by atoms with Gasteiger partial charge in [-0.3, -0.25) is 0 Å². The van der Waals surface area contributed by atoms with Gasteiger partial charge in [-0.15, -0.1) is 0 Å². The zero-order valence-electron chi connectivity index (χ0n) is 24.1. The Kier molecular flexibility index (Phi) is 18.3. The van der Waals surface area contributed by atoms with E-state index < -0.39 is 33.8 Å². The molecule has 0 unspecified atom stereocenters. The molecule has 206 valence electrons. The lowest BCUT2D eigenvalue weighted by Crippen LogP contribution is -2.41. The Morgan fingerprint density at radius 3 is 1.00 bits per heavy atom. The predicted molar refractivity (Wildman–Crippen MR) is 151 cm³/mol. The van der Waals surface area contributed by atoms with Crippen LogP contribution in [0, 0.1) is 0 Å². The van der Waals surface area contributed by atoms with Gasteiger partial charge in [0.15, 0.2) is 0 Å². The maximum Gasteiger partial charge on any atom is 0.334 e. The van der Waals surface area contributed by atoms with Crippen LogP contribution in [0.1, 0.15) is 32.6 Å². The predicted octanol–water partition coefficient (Wildman–Crippen LogP) is 6.13. The van der Waals surface area contributed by atoms with Crippen LogP contribution in [0.3, 0.4) is 0 Å². The molecule has 0 N–H and O–H groups in total. The van der Waals surface area contributed by atoms with Gasteiger partial charge in [0, 0.05) is 55.9 Å². The summed E-state index contributed by atoms with van der Waals surface area (Å²) in [5.41, 5.74) is 0. The van der Waals surface area contributed by atoms with Crippen molar-refractivity contribution in [2.24, 2.45) is 0 Å². The minimum absolute atomic E-state index is 0.789. The van der Waals surface area contributed by atoms with Crippen LogP contribution in [-0.2, 0) is 31.3 Å². The van der Waals surface area contributed by atoms with E-state index in [1.807, 2.05) is 0 Å². The fourth-order valence-electron chi connectivity index (χ4n) is 4.66. The van der Waals surface area contributed by atoms with Crippen LogP contribution < -0.4 is 0 Å². The standard InChI is InChI=1S/C23H56O7Si4/c1-11-30-16-12-20-34(21-13-17-31(8,24-2)25-3,22-14-18-32(9,26-4)27-5)23-15-19-33(10,28-6)29-7/h11-23H2,1-10H3. The molecule has 0 saturated heterocycles. The summed E-state index contributed by atoms with van der Waals surface area (Å²) in [5, 5.41) is 0. The molecule has 0 aliphatic carbocycles. The first-order chi connectivity index (χ1) is 16.0. The first kappa shape index (κ1) is 34.6. The Labute approximate surface area is 215 Å². The summed E-state index contributed by atoms with van der Waals surface area (Å²) < 4.78 is 40.4. The van der Waals surface area contributed by atoms with Crippen molar-refractivity contribution in [2.75, 3.05) is 55.9 Å². The van der Waals surface area contributed by atoms with E-state index >= 15 is 0 Å². The molecular weight excluding hydrogens is 501 g/mol. The normalized spacial score (nSPS) is 13.6. The molecule has 0 aromatic carbocycles. The summed E-state index contributed by atoms with van der Waals surface area (Å²) in [5.74, 6) is 0. The smallest absolute Gasteiger partial charge is 0.334 e. The molecule has 0 spiro atoms. The van der Waals surface area contributed by atoms with Crippen LogP contribution in [-0.4, -0.2) is 89.6 Å². The molecule has 11 heteroatoms. The van der Waals surface area contributed by atoms with E-state index in [0.717, 1.165) is 37.8 Å². The summed E-state index contributed by atoms with van der Waals surface area (Å²) in [6.45, 7) is 10.2. The van der Waals surface area contributed by atoms with Crippen molar-refractivity contribution >= 4 is 33.8 Å². The zero-order valence-corrected chi connectivity index (χ0v) is 28.1. The van der Waals surface area contributed by atoms with Crippen molar-refractivity contribution in [1.29, 1.82) is 0 Å². The van der Waals surface area contributed by atoms with E-state index in [0.29, 0.717) is 0 Å². The van der Waals surface area contributed by atoms with Crippen LogP contribution in [0.2, 0.25) is 61.9 Å². The largest absolute Gasteiger partial charge is 0.398 e. The van der Waals surface area contributed by atoms with E-state index in [1.54, 1.807) is 42.7 Å². The second kappa shape index (κ2) is 17.9. The average molecular weight is 557 g/mol. The number of rotatable bonds is 23. The summed E-state index contributed by atoms with van der Waals surface area (Å²) in [7, 11) is 3.04. The highest BCUT2D eigenvalue weighted by atomic mass is 28.4. The zero-order chi connectivity index (χ0) is 26.1. The fraction of sp³-hybridized carbons (Fsp3) is 1.00. The molecule has 0 rings (SSSR count). The quantitative estimate of drug-likeness (QED) is 0.111. The second-order valence-electron chi connectivity index (χ2n) is 9.99. The van der Waals surface area contributed by atoms with E-state index in [4.69, 9.17) is 31.3 Å². The van der Waals surface area contributed by atoms with Gasteiger partial charge in [0.25, 0.3) is 0 Å². The third-order valence-electron chi connectivity index (χ3n) is 7.80.